The van der Waals surface area contributed by atoms with Crippen molar-refractivity contribution in [1.82, 2.24) is 13.9 Å². The Hall–Kier alpha value is -2.73. The molecule has 0 saturated carbocycles. The molecule has 3 aromatic rings. The highest BCUT2D eigenvalue weighted by molar-refractivity contribution is 7.90. The van der Waals surface area contributed by atoms with E-state index in [0.717, 1.165) is 6.07 Å². The third-order valence-corrected chi connectivity index (χ3v) is 7.62. The molecule has 1 saturated heterocycles. The Morgan fingerprint density at radius 1 is 1.18 bits per heavy atom. The van der Waals surface area contributed by atoms with Crippen LogP contribution < -0.4 is 15.6 Å². The Balaban J connectivity index is 1.68. The minimum atomic E-state index is -3.95. The van der Waals surface area contributed by atoms with Gasteiger partial charge in [0.15, 0.2) is 0 Å². The van der Waals surface area contributed by atoms with E-state index >= 15 is 0 Å². The number of fused-ring (bicyclic) bond motifs is 1. The van der Waals surface area contributed by atoms with Crippen LogP contribution >= 0.6 is 11.6 Å². The minimum Gasteiger partial charge on any atom is -0.393 e. The van der Waals surface area contributed by atoms with Gasteiger partial charge in [-0.05, 0) is 49.6 Å². The second kappa shape index (κ2) is 8.90. The van der Waals surface area contributed by atoms with E-state index in [1.807, 2.05) is 0 Å². The first-order valence-electron chi connectivity index (χ1n) is 10.2. The lowest BCUT2D eigenvalue weighted by Crippen LogP contribution is -2.42. The highest BCUT2D eigenvalue weighted by atomic mass is 35.5. The van der Waals surface area contributed by atoms with Crippen LogP contribution in [0.5, 0.6) is 0 Å². The fourth-order valence-corrected chi connectivity index (χ4v) is 5.33. The maximum Gasteiger partial charge on any atom is 0.301 e. The summed E-state index contributed by atoms with van der Waals surface area (Å²) in [4.78, 5) is 16.8. The van der Waals surface area contributed by atoms with Crippen LogP contribution in [-0.4, -0.2) is 46.6 Å². The zero-order chi connectivity index (χ0) is 23.9. The van der Waals surface area contributed by atoms with Crippen LogP contribution in [0.25, 0.3) is 10.9 Å². The molecule has 4 rings (SSSR count). The van der Waals surface area contributed by atoms with Gasteiger partial charge in [-0.15, -0.1) is 0 Å². The predicted molar refractivity (Wildman–Crippen MR) is 126 cm³/mol. The Bertz CT molecular complexity index is 1390. The standard InChI is InChI=1S/C21H23ClFN5O4S/c1-12-15(5-6-16-18(12)21(30)27(2)11-24-16)25-20-14(23)3-4-17(19(20)22)26-33(31,32)28-9-7-13(29)8-10-28/h3-6,11,13,25-26,29H,7-10H2,1-2H3. The number of nitrogens with zero attached hydrogens (tertiary/aromatic N) is 3. The molecule has 0 spiro atoms. The van der Waals surface area contributed by atoms with Gasteiger partial charge in [-0.1, -0.05) is 11.6 Å². The first-order chi connectivity index (χ1) is 15.6. The number of nitrogens with one attached hydrogen (secondary N) is 2. The normalized spacial score (nSPS) is 15.7. The van der Waals surface area contributed by atoms with Crippen LogP contribution in [-0.2, 0) is 17.3 Å². The number of hydrogen-bond donors (Lipinski definition) is 3. The number of aliphatic hydroxyl groups is 1. The molecule has 3 N–H and O–H groups in total. The number of benzene rings is 2. The molecule has 2 heterocycles. The fourth-order valence-electron chi connectivity index (χ4n) is 3.75. The second-order valence-electron chi connectivity index (χ2n) is 7.94. The van der Waals surface area contributed by atoms with Crippen LogP contribution in [0.1, 0.15) is 18.4 Å². The van der Waals surface area contributed by atoms with Gasteiger partial charge in [-0.25, -0.2) is 9.37 Å². The van der Waals surface area contributed by atoms with Crippen molar-refractivity contribution < 1.29 is 17.9 Å². The van der Waals surface area contributed by atoms with E-state index in [1.54, 1.807) is 26.1 Å². The lowest BCUT2D eigenvalue weighted by molar-refractivity contribution is 0.113. The van der Waals surface area contributed by atoms with Crippen molar-refractivity contribution in [2.24, 2.45) is 7.05 Å². The number of halogens is 2. The van der Waals surface area contributed by atoms with Gasteiger partial charge >= 0.3 is 10.2 Å². The van der Waals surface area contributed by atoms with Crippen molar-refractivity contribution in [2.75, 3.05) is 23.1 Å². The quantitative estimate of drug-likeness (QED) is 0.501. The number of aryl methyl sites for hydroxylation is 2. The molecule has 1 aliphatic heterocycles. The lowest BCUT2D eigenvalue weighted by Gasteiger charge is -2.29. The van der Waals surface area contributed by atoms with Crippen molar-refractivity contribution in [3.63, 3.8) is 0 Å². The van der Waals surface area contributed by atoms with Crippen LogP contribution in [0.2, 0.25) is 5.02 Å². The monoisotopic (exact) mass is 495 g/mol. The number of piperidine rings is 1. The van der Waals surface area contributed by atoms with Gasteiger partial charge in [-0.3, -0.25) is 9.52 Å². The SMILES string of the molecule is Cc1c(Nc2c(F)ccc(NS(=O)(=O)N3CCC(O)CC3)c2Cl)ccc2ncn(C)c(=O)c12. The fraction of sp³-hybridized carbons (Fsp3) is 0.333. The lowest BCUT2D eigenvalue weighted by atomic mass is 10.1. The van der Waals surface area contributed by atoms with Gasteiger partial charge in [0, 0.05) is 25.8 Å². The number of rotatable bonds is 5. The maximum atomic E-state index is 14.7. The molecule has 1 aromatic heterocycles. The van der Waals surface area contributed by atoms with E-state index in [-0.39, 0.29) is 35.0 Å². The van der Waals surface area contributed by atoms with E-state index in [1.165, 1.54) is 21.3 Å². The van der Waals surface area contributed by atoms with Gasteiger partial charge in [-0.2, -0.15) is 12.7 Å². The van der Waals surface area contributed by atoms with Crippen LogP contribution in [0, 0.1) is 12.7 Å². The zero-order valence-corrected chi connectivity index (χ0v) is 19.5. The van der Waals surface area contributed by atoms with E-state index in [4.69, 9.17) is 11.6 Å². The summed E-state index contributed by atoms with van der Waals surface area (Å²) in [6.45, 7) is 2.04. The highest BCUT2D eigenvalue weighted by Crippen LogP contribution is 2.37. The van der Waals surface area contributed by atoms with Crippen molar-refractivity contribution in [2.45, 2.75) is 25.9 Å². The molecular formula is C21H23ClFN5O4S. The van der Waals surface area contributed by atoms with Gasteiger partial charge in [0.25, 0.3) is 5.56 Å². The average Bonchev–Trinajstić information content (AvgIpc) is 2.77. The van der Waals surface area contributed by atoms with Crippen LogP contribution in [0.3, 0.4) is 0 Å². The first-order valence-corrected chi connectivity index (χ1v) is 12.1. The van der Waals surface area contributed by atoms with Crippen molar-refractivity contribution in [3.8, 4) is 0 Å². The van der Waals surface area contributed by atoms with Crippen molar-refractivity contribution >= 4 is 49.8 Å². The van der Waals surface area contributed by atoms with Crippen LogP contribution in [0.15, 0.2) is 35.4 Å². The van der Waals surface area contributed by atoms with Crippen LogP contribution in [0.4, 0.5) is 21.5 Å². The molecular weight excluding hydrogens is 473 g/mol. The third kappa shape index (κ3) is 4.54. The summed E-state index contributed by atoms with van der Waals surface area (Å²) in [6, 6.07) is 5.63. The Kier molecular flexibility index (Phi) is 6.32. The summed E-state index contributed by atoms with van der Waals surface area (Å²) >= 11 is 6.39. The minimum absolute atomic E-state index is 0.00251. The average molecular weight is 496 g/mol. The number of aliphatic hydroxyl groups excluding tert-OH is 1. The van der Waals surface area contributed by atoms with Gasteiger partial charge < -0.3 is 15.0 Å². The number of anilines is 3. The zero-order valence-electron chi connectivity index (χ0n) is 18.0. The summed E-state index contributed by atoms with van der Waals surface area (Å²) in [6.07, 6.45) is 1.56. The molecule has 2 aromatic carbocycles. The summed E-state index contributed by atoms with van der Waals surface area (Å²) in [5.41, 5.74) is 1.10. The molecule has 33 heavy (non-hydrogen) atoms. The third-order valence-electron chi connectivity index (χ3n) is 5.70. The predicted octanol–water partition coefficient (Wildman–Crippen LogP) is 2.89. The molecule has 0 atom stereocenters. The number of hydrogen-bond acceptors (Lipinski definition) is 6. The second-order valence-corrected chi connectivity index (χ2v) is 9.99. The molecule has 0 bridgehead atoms. The maximum absolute atomic E-state index is 14.7. The van der Waals surface area contributed by atoms with E-state index in [9.17, 15) is 22.7 Å². The smallest absolute Gasteiger partial charge is 0.301 e. The molecule has 12 heteroatoms. The Labute approximate surface area is 195 Å². The molecule has 0 radical (unpaired) electrons. The molecule has 0 aliphatic carbocycles. The summed E-state index contributed by atoms with van der Waals surface area (Å²) in [5, 5.41) is 12.7. The van der Waals surface area contributed by atoms with Gasteiger partial charge in [0.05, 0.1) is 39.7 Å². The highest BCUT2D eigenvalue weighted by Gasteiger charge is 2.28. The molecule has 0 unspecified atom stereocenters. The largest absolute Gasteiger partial charge is 0.393 e. The molecule has 0 amide bonds. The first kappa shape index (κ1) is 23.4. The van der Waals surface area contributed by atoms with Crippen molar-refractivity contribution in [3.05, 3.63) is 57.3 Å². The molecule has 1 aliphatic rings. The summed E-state index contributed by atoms with van der Waals surface area (Å²) < 4.78 is 45.2. The van der Waals surface area contributed by atoms with E-state index in [2.05, 4.69) is 15.0 Å². The van der Waals surface area contributed by atoms with Crippen molar-refractivity contribution in [1.29, 1.82) is 0 Å². The molecule has 1 fully saturated rings. The van der Waals surface area contributed by atoms with E-state index in [0.29, 0.717) is 35.0 Å². The summed E-state index contributed by atoms with van der Waals surface area (Å²) in [5.74, 6) is -0.692. The van der Waals surface area contributed by atoms with E-state index < -0.39 is 22.1 Å². The molecule has 176 valence electrons. The summed E-state index contributed by atoms with van der Waals surface area (Å²) in [7, 11) is -2.36. The Morgan fingerprint density at radius 3 is 2.55 bits per heavy atom. The molecule has 9 nitrogen and oxygen atoms in total. The number of aromatic nitrogens is 2. The van der Waals surface area contributed by atoms with Gasteiger partial charge in [0.1, 0.15) is 5.82 Å². The Morgan fingerprint density at radius 2 is 1.85 bits per heavy atom. The van der Waals surface area contributed by atoms with Gasteiger partial charge in [0.2, 0.25) is 0 Å². The topological polar surface area (TPSA) is 117 Å².